The maximum Gasteiger partial charge on any atom is 0.237 e. The summed E-state index contributed by atoms with van der Waals surface area (Å²) in [5.74, 6) is 1.06. The maximum absolute atomic E-state index is 11.9. The molecular formula is C15H27N3O. The second-order valence-corrected chi connectivity index (χ2v) is 5.87. The van der Waals surface area contributed by atoms with Crippen molar-refractivity contribution < 1.29 is 4.79 Å². The third-order valence-corrected chi connectivity index (χ3v) is 4.27. The molecule has 4 heteroatoms. The van der Waals surface area contributed by atoms with E-state index in [1.165, 1.54) is 19.4 Å². The molecule has 2 rings (SSSR count). The van der Waals surface area contributed by atoms with Gasteiger partial charge in [0.2, 0.25) is 5.91 Å². The largest absolute Gasteiger partial charge is 0.351 e. The molecule has 0 aromatic carbocycles. The fraction of sp³-hybridized carbons (Fsp3) is 0.800. The van der Waals surface area contributed by atoms with Crippen LogP contribution < -0.4 is 10.6 Å². The van der Waals surface area contributed by atoms with E-state index in [-0.39, 0.29) is 11.9 Å². The van der Waals surface area contributed by atoms with E-state index >= 15 is 0 Å². The normalized spacial score (nSPS) is 23.0. The van der Waals surface area contributed by atoms with Crippen molar-refractivity contribution in [2.75, 3.05) is 26.2 Å². The summed E-state index contributed by atoms with van der Waals surface area (Å²) in [6, 6.07) is 0.629. The van der Waals surface area contributed by atoms with Gasteiger partial charge in [0.1, 0.15) is 0 Å². The SMILES string of the molecule is C=CCNC(=O)C(C)N1CCC(NCC2CC2)CC1. The van der Waals surface area contributed by atoms with E-state index in [9.17, 15) is 4.79 Å². The molecule has 1 heterocycles. The summed E-state index contributed by atoms with van der Waals surface area (Å²) in [7, 11) is 0. The summed E-state index contributed by atoms with van der Waals surface area (Å²) in [6.07, 6.45) is 6.86. The lowest BCUT2D eigenvalue weighted by molar-refractivity contribution is -0.126. The van der Waals surface area contributed by atoms with Gasteiger partial charge in [0.05, 0.1) is 6.04 Å². The second kappa shape index (κ2) is 7.06. The van der Waals surface area contributed by atoms with Crippen molar-refractivity contribution in [1.82, 2.24) is 15.5 Å². The van der Waals surface area contributed by atoms with Crippen molar-refractivity contribution in [3.8, 4) is 0 Å². The Hall–Kier alpha value is -0.870. The Morgan fingerprint density at radius 1 is 1.37 bits per heavy atom. The first kappa shape index (κ1) is 14.5. The lowest BCUT2D eigenvalue weighted by Crippen LogP contribution is -2.51. The number of carbonyl (C=O) groups is 1. The Morgan fingerprint density at radius 3 is 2.63 bits per heavy atom. The highest BCUT2D eigenvalue weighted by atomic mass is 16.2. The summed E-state index contributed by atoms with van der Waals surface area (Å²) in [4.78, 5) is 14.2. The number of amides is 1. The number of carbonyl (C=O) groups excluding carboxylic acids is 1. The van der Waals surface area contributed by atoms with Gasteiger partial charge in [-0.1, -0.05) is 6.08 Å². The van der Waals surface area contributed by atoms with E-state index in [2.05, 4.69) is 22.1 Å². The van der Waals surface area contributed by atoms with Gasteiger partial charge in [-0.25, -0.2) is 0 Å². The number of rotatable bonds is 7. The Balaban J connectivity index is 1.66. The molecule has 1 saturated heterocycles. The first-order chi connectivity index (χ1) is 9.20. The lowest BCUT2D eigenvalue weighted by Gasteiger charge is -2.35. The minimum atomic E-state index is -0.0238. The van der Waals surface area contributed by atoms with E-state index in [1.54, 1.807) is 6.08 Å². The molecule has 1 atom stereocenters. The molecule has 1 aliphatic heterocycles. The minimum absolute atomic E-state index is 0.0238. The fourth-order valence-corrected chi connectivity index (χ4v) is 2.63. The summed E-state index contributed by atoms with van der Waals surface area (Å²) < 4.78 is 0. The summed E-state index contributed by atoms with van der Waals surface area (Å²) >= 11 is 0. The second-order valence-electron chi connectivity index (χ2n) is 5.87. The molecule has 2 aliphatic rings. The van der Waals surface area contributed by atoms with E-state index in [0.29, 0.717) is 12.6 Å². The Kier molecular flexibility index (Phi) is 5.40. The predicted octanol–water partition coefficient (Wildman–Crippen LogP) is 1.14. The molecule has 1 amide bonds. The monoisotopic (exact) mass is 265 g/mol. The molecule has 2 fully saturated rings. The molecular weight excluding hydrogens is 238 g/mol. The standard InChI is InChI=1S/C15H27N3O/c1-3-8-16-15(19)12(2)18-9-6-14(7-10-18)17-11-13-4-5-13/h3,12-14,17H,1,4-11H2,2H3,(H,16,19). The highest BCUT2D eigenvalue weighted by Crippen LogP contribution is 2.28. The first-order valence-corrected chi connectivity index (χ1v) is 7.56. The number of hydrogen-bond donors (Lipinski definition) is 2. The van der Waals surface area contributed by atoms with Crippen molar-refractivity contribution in [3.05, 3.63) is 12.7 Å². The predicted molar refractivity (Wildman–Crippen MR) is 78.0 cm³/mol. The van der Waals surface area contributed by atoms with Gasteiger partial charge >= 0.3 is 0 Å². The molecule has 1 saturated carbocycles. The summed E-state index contributed by atoms with van der Waals surface area (Å²) in [6.45, 7) is 9.40. The summed E-state index contributed by atoms with van der Waals surface area (Å²) in [5, 5.41) is 6.54. The van der Waals surface area contributed by atoms with Crippen molar-refractivity contribution in [2.45, 2.75) is 44.7 Å². The molecule has 0 aromatic heterocycles. The number of hydrogen-bond acceptors (Lipinski definition) is 3. The Labute approximate surface area is 116 Å². The molecule has 1 unspecified atom stereocenters. The van der Waals surface area contributed by atoms with Gasteiger partial charge in [0, 0.05) is 25.7 Å². The van der Waals surface area contributed by atoms with Crippen molar-refractivity contribution in [2.24, 2.45) is 5.92 Å². The summed E-state index contributed by atoms with van der Waals surface area (Å²) in [5.41, 5.74) is 0. The zero-order chi connectivity index (χ0) is 13.7. The van der Waals surface area contributed by atoms with Gasteiger partial charge in [-0.3, -0.25) is 9.69 Å². The average molecular weight is 265 g/mol. The third-order valence-electron chi connectivity index (χ3n) is 4.27. The minimum Gasteiger partial charge on any atom is -0.351 e. The van der Waals surface area contributed by atoms with Gasteiger partial charge in [0.15, 0.2) is 0 Å². The van der Waals surface area contributed by atoms with Crippen LogP contribution >= 0.6 is 0 Å². The van der Waals surface area contributed by atoms with Gasteiger partial charge in [-0.15, -0.1) is 6.58 Å². The first-order valence-electron chi connectivity index (χ1n) is 7.56. The maximum atomic E-state index is 11.9. The molecule has 0 bridgehead atoms. The van der Waals surface area contributed by atoms with Gasteiger partial charge < -0.3 is 10.6 Å². The van der Waals surface area contributed by atoms with Crippen molar-refractivity contribution in [1.29, 1.82) is 0 Å². The van der Waals surface area contributed by atoms with Crippen LogP contribution in [-0.4, -0.2) is 49.1 Å². The number of nitrogens with one attached hydrogen (secondary N) is 2. The molecule has 19 heavy (non-hydrogen) atoms. The van der Waals surface area contributed by atoms with Gasteiger partial charge in [-0.05, 0) is 45.1 Å². The van der Waals surface area contributed by atoms with Gasteiger partial charge in [0.25, 0.3) is 0 Å². The van der Waals surface area contributed by atoms with Gasteiger partial charge in [-0.2, -0.15) is 0 Å². The van der Waals surface area contributed by atoms with E-state index in [0.717, 1.165) is 31.8 Å². The zero-order valence-corrected chi connectivity index (χ0v) is 12.0. The van der Waals surface area contributed by atoms with Crippen LogP contribution in [0.5, 0.6) is 0 Å². The topological polar surface area (TPSA) is 44.4 Å². The molecule has 1 aliphatic carbocycles. The highest BCUT2D eigenvalue weighted by molar-refractivity contribution is 5.81. The van der Waals surface area contributed by atoms with Crippen LogP contribution in [-0.2, 0) is 4.79 Å². The molecule has 0 radical (unpaired) electrons. The number of nitrogens with zero attached hydrogens (tertiary/aromatic N) is 1. The van der Waals surface area contributed by atoms with E-state index in [4.69, 9.17) is 0 Å². The van der Waals surface area contributed by atoms with E-state index in [1.807, 2.05) is 6.92 Å². The van der Waals surface area contributed by atoms with Crippen LogP contribution in [0.4, 0.5) is 0 Å². The van der Waals surface area contributed by atoms with Crippen molar-refractivity contribution >= 4 is 5.91 Å². The molecule has 0 aromatic rings. The van der Waals surface area contributed by atoms with Crippen LogP contribution in [0.15, 0.2) is 12.7 Å². The molecule has 4 nitrogen and oxygen atoms in total. The van der Waals surface area contributed by atoms with Crippen LogP contribution in [0.1, 0.15) is 32.6 Å². The highest BCUT2D eigenvalue weighted by Gasteiger charge is 2.27. The lowest BCUT2D eigenvalue weighted by atomic mass is 10.0. The third kappa shape index (κ3) is 4.62. The Bertz CT molecular complexity index is 307. The molecule has 2 N–H and O–H groups in total. The zero-order valence-electron chi connectivity index (χ0n) is 12.0. The Morgan fingerprint density at radius 2 is 2.05 bits per heavy atom. The molecule has 108 valence electrons. The van der Waals surface area contributed by atoms with E-state index < -0.39 is 0 Å². The van der Waals surface area contributed by atoms with Crippen molar-refractivity contribution in [3.63, 3.8) is 0 Å². The molecule has 0 spiro atoms. The van der Waals surface area contributed by atoms with Crippen LogP contribution in [0, 0.1) is 5.92 Å². The number of likely N-dealkylation sites (tertiary alicyclic amines) is 1. The average Bonchev–Trinajstić information content (AvgIpc) is 3.26. The number of piperidine rings is 1. The van der Waals surface area contributed by atoms with Crippen LogP contribution in [0.2, 0.25) is 0 Å². The quantitative estimate of drug-likeness (QED) is 0.679. The van der Waals surface area contributed by atoms with Crippen LogP contribution in [0.25, 0.3) is 0 Å². The smallest absolute Gasteiger partial charge is 0.237 e. The fourth-order valence-electron chi connectivity index (χ4n) is 2.63. The van der Waals surface area contributed by atoms with Crippen LogP contribution in [0.3, 0.4) is 0 Å².